The standard InChI is InChI=1S/C16H21ClN2O2/c17-13-4-1-3-12(11-13)16(21)19-9-7-18(8-10-19)14-5-2-6-15(14)20/h1,3-4,11,14-15,20H,2,5-10H2. The molecule has 1 aliphatic carbocycles. The van der Waals surface area contributed by atoms with Crippen LogP contribution in [0.15, 0.2) is 24.3 Å². The van der Waals surface area contributed by atoms with Crippen molar-refractivity contribution in [1.82, 2.24) is 9.80 Å². The Morgan fingerprint density at radius 1 is 1.19 bits per heavy atom. The number of aliphatic hydroxyl groups is 1. The van der Waals surface area contributed by atoms with E-state index in [9.17, 15) is 9.90 Å². The number of benzene rings is 1. The second-order valence-corrected chi connectivity index (χ2v) is 6.34. The summed E-state index contributed by atoms with van der Waals surface area (Å²) < 4.78 is 0. The third kappa shape index (κ3) is 3.23. The van der Waals surface area contributed by atoms with E-state index in [2.05, 4.69) is 4.90 Å². The van der Waals surface area contributed by atoms with Crippen LogP contribution in [0.2, 0.25) is 5.02 Å². The highest BCUT2D eigenvalue weighted by Crippen LogP contribution is 2.25. The van der Waals surface area contributed by atoms with Crippen LogP contribution >= 0.6 is 11.6 Å². The number of hydrogen-bond acceptors (Lipinski definition) is 3. The van der Waals surface area contributed by atoms with Crippen LogP contribution in [0.4, 0.5) is 0 Å². The quantitative estimate of drug-likeness (QED) is 0.909. The molecule has 4 nitrogen and oxygen atoms in total. The lowest BCUT2D eigenvalue weighted by Crippen LogP contribution is -2.53. The summed E-state index contributed by atoms with van der Waals surface area (Å²) in [6.07, 6.45) is 2.89. The number of carbonyl (C=O) groups excluding carboxylic acids is 1. The predicted octanol–water partition coefficient (Wildman–Crippen LogP) is 2.01. The molecule has 0 radical (unpaired) electrons. The van der Waals surface area contributed by atoms with Gasteiger partial charge in [0, 0.05) is 42.8 Å². The monoisotopic (exact) mass is 308 g/mol. The first-order valence-electron chi connectivity index (χ1n) is 7.62. The van der Waals surface area contributed by atoms with Crippen LogP contribution < -0.4 is 0 Å². The van der Waals surface area contributed by atoms with E-state index in [1.54, 1.807) is 24.3 Å². The van der Waals surface area contributed by atoms with Crippen LogP contribution in [0.1, 0.15) is 29.6 Å². The average molecular weight is 309 g/mol. The molecule has 0 bridgehead atoms. The number of nitrogens with zero attached hydrogens (tertiary/aromatic N) is 2. The molecule has 1 saturated carbocycles. The lowest BCUT2D eigenvalue weighted by molar-refractivity contribution is 0.0315. The molecule has 1 N–H and O–H groups in total. The fraction of sp³-hybridized carbons (Fsp3) is 0.562. The SMILES string of the molecule is O=C(c1cccc(Cl)c1)N1CCN(C2CCCC2O)CC1. The van der Waals surface area contributed by atoms with Gasteiger partial charge in [-0.1, -0.05) is 17.7 Å². The molecule has 2 unspecified atom stereocenters. The van der Waals surface area contributed by atoms with Crippen LogP contribution in [0.3, 0.4) is 0 Å². The van der Waals surface area contributed by atoms with E-state index in [4.69, 9.17) is 11.6 Å². The van der Waals surface area contributed by atoms with Gasteiger partial charge in [-0.25, -0.2) is 0 Å². The predicted molar refractivity (Wildman–Crippen MR) is 82.6 cm³/mol. The van der Waals surface area contributed by atoms with Crippen molar-refractivity contribution in [2.24, 2.45) is 0 Å². The normalized spacial score (nSPS) is 27.0. The molecule has 1 aromatic carbocycles. The summed E-state index contributed by atoms with van der Waals surface area (Å²) in [5.41, 5.74) is 0.650. The maximum Gasteiger partial charge on any atom is 0.253 e. The van der Waals surface area contributed by atoms with Crippen LogP contribution in [-0.4, -0.2) is 59.1 Å². The Kier molecular flexibility index (Phi) is 4.48. The van der Waals surface area contributed by atoms with Gasteiger partial charge in [0.2, 0.25) is 0 Å². The van der Waals surface area contributed by atoms with Crippen molar-refractivity contribution in [1.29, 1.82) is 0 Å². The van der Waals surface area contributed by atoms with Crippen molar-refractivity contribution in [3.8, 4) is 0 Å². The van der Waals surface area contributed by atoms with Gasteiger partial charge in [-0.3, -0.25) is 9.69 Å². The molecule has 1 amide bonds. The highest BCUT2D eigenvalue weighted by Gasteiger charge is 2.33. The summed E-state index contributed by atoms with van der Waals surface area (Å²) in [5.74, 6) is 0.0455. The Morgan fingerprint density at radius 2 is 1.95 bits per heavy atom. The van der Waals surface area contributed by atoms with E-state index in [0.29, 0.717) is 23.7 Å². The summed E-state index contributed by atoms with van der Waals surface area (Å²) >= 11 is 5.95. The lowest BCUT2D eigenvalue weighted by Gasteiger charge is -2.39. The molecule has 1 aliphatic heterocycles. The van der Waals surface area contributed by atoms with Gasteiger partial charge in [0.05, 0.1) is 6.10 Å². The second kappa shape index (κ2) is 6.34. The van der Waals surface area contributed by atoms with Crippen LogP contribution in [-0.2, 0) is 0 Å². The summed E-state index contributed by atoms with van der Waals surface area (Å²) in [5, 5.41) is 10.6. The summed E-state index contributed by atoms with van der Waals surface area (Å²) in [6.45, 7) is 3.12. The molecule has 0 aromatic heterocycles. The lowest BCUT2D eigenvalue weighted by atomic mass is 10.1. The molecule has 1 saturated heterocycles. The van der Waals surface area contributed by atoms with Crippen LogP contribution in [0.25, 0.3) is 0 Å². The van der Waals surface area contributed by atoms with Crippen molar-refractivity contribution >= 4 is 17.5 Å². The highest BCUT2D eigenvalue weighted by atomic mass is 35.5. The van der Waals surface area contributed by atoms with Crippen molar-refractivity contribution in [2.75, 3.05) is 26.2 Å². The Bertz CT molecular complexity index is 515. The van der Waals surface area contributed by atoms with Gasteiger partial charge in [-0.05, 0) is 37.5 Å². The highest BCUT2D eigenvalue weighted by molar-refractivity contribution is 6.30. The Balaban J connectivity index is 1.59. The summed E-state index contributed by atoms with van der Waals surface area (Å²) in [6, 6.07) is 7.39. The van der Waals surface area contributed by atoms with Crippen molar-refractivity contribution in [2.45, 2.75) is 31.4 Å². The van der Waals surface area contributed by atoms with Gasteiger partial charge < -0.3 is 10.0 Å². The van der Waals surface area contributed by atoms with Crippen molar-refractivity contribution < 1.29 is 9.90 Å². The Morgan fingerprint density at radius 3 is 2.57 bits per heavy atom. The molecule has 3 rings (SSSR count). The third-order valence-electron chi connectivity index (χ3n) is 4.59. The van der Waals surface area contributed by atoms with Gasteiger partial charge in [-0.2, -0.15) is 0 Å². The molecule has 2 aliphatic rings. The zero-order valence-corrected chi connectivity index (χ0v) is 12.8. The largest absolute Gasteiger partial charge is 0.391 e. The fourth-order valence-corrected chi connectivity index (χ4v) is 3.60. The van der Waals surface area contributed by atoms with Crippen LogP contribution in [0.5, 0.6) is 0 Å². The minimum atomic E-state index is -0.194. The molecule has 5 heteroatoms. The molecular formula is C16H21ClN2O2. The van der Waals surface area contributed by atoms with Crippen molar-refractivity contribution in [3.63, 3.8) is 0 Å². The number of carbonyl (C=O) groups is 1. The minimum absolute atomic E-state index is 0.0455. The van der Waals surface area contributed by atoms with E-state index in [0.717, 1.165) is 32.4 Å². The number of halogens is 1. The maximum absolute atomic E-state index is 12.4. The average Bonchev–Trinajstić information content (AvgIpc) is 2.93. The van der Waals surface area contributed by atoms with Crippen LogP contribution in [0, 0.1) is 0 Å². The molecular weight excluding hydrogens is 288 g/mol. The second-order valence-electron chi connectivity index (χ2n) is 5.90. The van der Waals surface area contributed by atoms with Gasteiger partial charge in [0.25, 0.3) is 5.91 Å². The van der Waals surface area contributed by atoms with Gasteiger partial charge in [0.15, 0.2) is 0 Å². The molecule has 1 heterocycles. The van der Waals surface area contributed by atoms with E-state index < -0.39 is 0 Å². The minimum Gasteiger partial charge on any atom is -0.391 e. The van der Waals surface area contributed by atoms with Gasteiger partial charge in [0.1, 0.15) is 0 Å². The maximum atomic E-state index is 12.4. The molecule has 2 atom stereocenters. The molecule has 114 valence electrons. The van der Waals surface area contributed by atoms with E-state index in [-0.39, 0.29) is 18.1 Å². The van der Waals surface area contributed by atoms with Crippen molar-refractivity contribution in [3.05, 3.63) is 34.9 Å². The Labute approximate surface area is 130 Å². The summed E-state index contributed by atoms with van der Waals surface area (Å²) in [4.78, 5) is 16.7. The number of aliphatic hydroxyl groups excluding tert-OH is 1. The van der Waals surface area contributed by atoms with Gasteiger partial charge in [-0.15, -0.1) is 0 Å². The number of amides is 1. The van der Waals surface area contributed by atoms with E-state index in [1.165, 1.54) is 0 Å². The number of rotatable bonds is 2. The molecule has 21 heavy (non-hydrogen) atoms. The fourth-order valence-electron chi connectivity index (χ4n) is 3.41. The Hall–Kier alpha value is -1.10. The zero-order valence-electron chi connectivity index (χ0n) is 12.0. The van der Waals surface area contributed by atoms with E-state index >= 15 is 0 Å². The first-order chi connectivity index (χ1) is 10.1. The first kappa shape index (κ1) is 14.8. The first-order valence-corrected chi connectivity index (χ1v) is 8.00. The molecule has 1 aromatic rings. The zero-order chi connectivity index (χ0) is 14.8. The van der Waals surface area contributed by atoms with E-state index in [1.807, 2.05) is 4.90 Å². The topological polar surface area (TPSA) is 43.8 Å². The van der Waals surface area contributed by atoms with Gasteiger partial charge >= 0.3 is 0 Å². The molecule has 2 fully saturated rings. The number of piperazine rings is 1. The number of hydrogen-bond donors (Lipinski definition) is 1. The third-order valence-corrected chi connectivity index (χ3v) is 4.82. The smallest absolute Gasteiger partial charge is 0.253 e. The summed E-state index contributed by atoms with van der Waals surface area (Å²) in [7, 11) is 0. The molecule has 0 spiro atoms.